The molecule has 1 heterocycles. The summed E-state index contributed by atoms with van der Waals surface area (Å²) >= 11 is 0. The highest BCUT2D eigenvalue weighted by atomic mass is 16.5. The van der Waals surface area contributed by atoms with E-state index >= 15 is 0 Å². The van der Waals surface area contributed by atoms with Crippen LogP contribution in [0.4, 0.5) is 0 Å². The molecule has 1 fully saturated rings. The number of rotatable bonds is 6. The minimum atomic E-state index is 0.103. The van der Waals surface area contributed by atoms with Gasteiger partial charge in [0.1, 0.15) is 0 Å². The van der Waals surface area contributed by atoms with Gasteiger partial charge in [0.05, 0.1) is 0 Å². The summed E-state index contributed by atoms with van der Waals surface area (Å²) < 4.78 is 5.34. The molecule has 0 aromatic heterocycles. The molecule has 2 N–H and O–H groups in total. The minimum absolute atomic E-state index is 0.103. The Morgan fingerprint density at radius 1 is 1.44 bits per heavy atom. The fourth-order valence-corrected chi connectivity index (χ4v) is 2.12. The van der Waals surface area contributed by atoms with Crippen LogP contribution >= 0.6 is 0 Å². The average Bonchev–Trinajstić information content (AvgIpc) is 2.30. The smallest absolute Gasteiger partial charge is 0.221 e. The lowest BCUT2D eigenvalue weighted by atomic mass is 9.93. The van der Waals surface area contributed by atoms with Crippen LogP contribution in [0.5, 0.6) is 0 Å². The van der Waals surface area contributed by atoms with Gasteiger partial charge in [0.15, 0.2) is 0 Å². The number of carbonyl (C=O) groups excluding carboxylic acids is 1. The van der Waals surface area contributed by atoms with Crippen molar-refractivity contribution in [2.24, 2.45) is 5.92 Å². The van der Waals surface area contributed by atoms with Crippen LogP contribution < -0.4 is 10.6 Å². The Hall–Kier alpha value is -0.610. The quantitative estimate of drug-likeness (QED) is 0.710. The molecule has 4 nitrogen and oxygen atoms in total. The van der Waals surface area contributed by atoms with Gasteiger partial charge in [-0.1, -0.05) is 0 Å². The number of carbonyl (C=O) groups is 1. The molecule has 1 amide bonds. The highest BCUT2D eigenvalue weighted by Gasteiger charge is 2.16. The number of nitrogens with one attached hydrogen (secondary N) is 2. The van der Waals surface area contributed by atoms with Gasteiger partial charge in [0.2, 0.25) is 5.91 Å². The molecule has 0 aromatic carbocycles. The van der Waals surface area contributed by atoms with Gasteiger partial charge in [-0.25, -0.2) is 0 Å². The lowest BCUT2D eigenvalue weighted by Gasteiger charge is -2.25. The van der Waals surface area contributed by atoms with Gasteiger partial charge < -0.3 is 15.4 Å². The summed E-state index contributed by atoms with van der Waals surface area (Å²) in [4.78, 5) is 11.0. The van der Waals surface area contributed by atoms with E-state index < -0.39 is 0 Å². The highest BCUT2D eigenvalue weighted by Crippen LogP contribution is 2.19. The second-order valence-corrected chi connectivity index (χ2v) is 4.57. The summed E-state index contributed by atoms with van der Waals surface area (Å²) in [7, 11) is 1.67. The molecule has 0 saturated carbocycles. The normalized spacial score (nSPS) is 19.4. The molecule has 94 valence electrons. The highest BCUT2D eigenvalue weighted by molar-refractivity contribution is 5.75. The predicted molar refractivity (Wildman–Crippen MR) is 64.3 cm³/mol. The van der Waals surface area contributed by atoms with Crippen molar-refractivity contribution in [1.82, 2.24) is 10.6 Å². The average molecular weight is 228 g/mol. The van der Waals surface area contributed by atoms with Gasteiger partial charge >= 0.3 is 0 Å². The Bertz CT molecular complexity index is 203. The second-order valence-electron chi connectivity index (χ2n) is 4.57. The zero-order chi connectivity index (χ0) is 11.8. The van der Waals surface area contributed by atoms with Crippen LogP contribution in [0.3, 0.4) is 0 Å². The van der Waals surface area contributed by atoms with Crippen LogP contribution in [0.1, 0.15) is 32.6 Å². The monoisotopic (exact) mass is 228 g/mol. The molecule has 0 radical (unpaired) electrons. The van der Waals surface area contributed by atoms with Crippen molar-refractivity contribution in [3.8, 4) is 0 Å². The zero-order valence-corrected chi connectivity index (χ0v) is 10.4. The van der Waals surface area contributed by atoms with Crippen LogP contribution in [0.2, 0.25) is 0 Å². The lowest BCUT2D eigenvalue weighted by molar-refractivity contribution is -0.120. The maximum absolute atomic E-state index is 11.0. The van der Waals surface area contributed by atoms with Crippen molar-refractivity contribution < 1.29 is 9.53 Å². The van der Waals surface area contributed by atoms with E-state index in [1.165, 1.54) is 19.3 Å². The van der Waals surface area contributed by atoms with Gasteiger partial charge in [0, 0.05) is 39.3 Å². The van der Waals surface area contributed by atoms with E-state index in [9.17, 15) is 4.79 Å². The summed E-state index contributed by atoms with van der Waals surface area (Å²) in [5.41, 5.74) is 0. The number of amides is 1. The van der Waals surface area contributed by atoms with Gasteiger partial charge in [-0.05, 0) is 32.1 Å². The fourth-order valence-electron chi connectivity index (χ4n) is 2.12. The SMILES string of the molecule is CNC(=O)CCNC(C)CC1CCOCC1. The van der Waals surface area contributed by atoms with Gasteiger partial charge in [-0.3, -0.25) is 4.79 Å². The molecule has 0 spiro atoms. The maximum Gasteiger partial charge on any atom is 0.221 e. The third-order valence-corrected chi connectivity index (χ3v) is 3.15. The molecule has 1 atom stereocenters. The molecular formula is C12H24N2O2. The predicted octanol–water partition coefficient (Wildman–Crippen LogP) is 0.917. The van der Waals surface area contributed by atoms with Gasteiger partial charge in [-0.15, -0.1) is 0 Å². The Labute approximate surface area is 98.1 Å². The molecule has 0 aromatic rings. The lowest BCUT2D eigenvalue weighted by Crippen LogP contribution is -2.33. The number of hydrogen-bond donors (Lipinski definition) is 2. The summed E-state index contributed by atoms with van der Waals surface area (Å²) in [5.74, 6) is 0.891. The van der Waals surface area contributed by atoms with Crippen LogP contribution in [0.25, 0.3) is 0 Å². The third-order valence-electron chi connectivity index (χ3n) is 3.15. The second kappa shape index (κ2) is 7.63. The molecule has 0 bridgehead atoms. The van der Waals surface area contributed by atoms with Gasteiger partial charge in [-0.2, -0.15) is 0 Å². The fraction of sp³-hybridized carbons (Fsp3) is 0.917. The molecule has 0 aliphatic carbocycles. The first-order valence-electron chi connectivity index (χ1n) is 6.24. The Morgan fingerprint density at radius 3 is 2.75 bits per heavy atom. The molecule has 1 rings (SSSR count). The Morgan fingerprint density at radius 2 is 2.12 bits per heavy atom. The van der Waals surface area contributed by atoms with Crippen molar-refractivity contribution in [2.75, 3.05) is 26.8 Å². The third kappa shape index (κ3) is 5.47. The minimum Gasteiger partial charge on any atom is -0.381 e. The standard InChI is InChI=1S/C12H24N2O2/c1-10(14-6-3-12(15)13-2)9-11-4-7-16-8-5-11/h10-11,14H,3-9H2,1-2H3,(H,13,15). The summed E-state index contributed by atoms with van der Waals surface area (Å²) in [6, 6.07) is 0.493. The summed E-state index contributed by atoms with van der Waals surface area (Å²) in [6.07, 6.45) is 4.12. The molecule has 1 aliphatic heterocycles. The molecule has 1 aliphatic rings. The first kappa shape index (κ1) is 13.5. The molecule has 1 unspecified atom stereocenters. The summed E-state index contributed by atoms with van der Waals surface area (Å²) in [5, 5.41) is 6.02. The van der Waals surface area contributed by atoms with Crippen molar-refractivity contribution in [1.29, 1.82) is 0 Å². The topological polar surface area (TPSA) is 50.4 Å². The summed E-state index contributed by atoms with van der Waals surface area (Å²) in [6.45, 7) is 4.79. The molecule has 1 saturated heterocycles. The van der Waals surface area contributed by atoms with E-state index in [1.54, 1.807) is 7.05 Å². The van der Waals surface area contributed by atoms with E-state index in [4.69, 9.17) is 4.74 Å². The van der Waals surface area contributed by atoms with Gasteiger partial charge in [0.25, 0.3) is 0 Å². The van der Waals surface area contributed by atoms with E-state index in [1.807, 2.05) is 0 Å². The first-order valence-corrected chi connectivity index (χ1v) is 6.24. The van der Waals surface area contributed by atoms with Crippen molar-refractivity contribution in [2.45, 2.75) is 38.6 Å². The molecular weight excluding hydrogens is 204 g/mol. The van der Waals surface area contributed by atoms with E-state index in [0.717, 1.165) is 25.7 Å². The Balaban J connectivity index is 2.05. The molecule has 16 heavy (non-hydrogen) atoms. The maximum atomic E-state index is 11.0. The Kier molecular flexibility index (Phi) is 6.42. The van der Waals surface area contributed by atoms with Crippen molar-refractivity contribution >= 4 is 5.91 Å². The van der Waals surface area contributed by atoms with Crippen LogP contribution in [-0.4, -0.2) is 38.8 Å². The van der Waals surface area contributed by atoms with E-state index in [2.05, 4.69) is 17.6 Å². The van der Waals surface area contributed by atoms with E-state index in [0.29, 0.717) is 12.5 Å². The van der Waals surface area contributed by atoms with E-state index in [-0.39, 0.29) is 5.91 Å². The van der Waals surface area contributed by atoms with Crippen LogP contribution in [0.15, 0.2) is 0 Å². The zero-order valence-electron chi connectivity index (χ0n) is 10.4. The number of hydrogen-bond acceptors (Lipinski definition) is 3. The number of ether oxygens (including phenoxy) is 1. The van der Waals surface area contributed by atoms with Crippen LogP contribution in [0, 0.1) is 5.92 Å². The van der Waals surface area contributed by atoms with Crippen molar-refractivity contribution in [3.05, 3.63) is 0 Å². The first-order chi connectivity index (χ1) is 7.72. The van der Waals surface area contributed by atoms with Crippen molar-refractivity contribution in [3.63, 3.8) is 0 Å². The van der Waals surface area contributed by atoms with Crippen LogP contribution in [-0.2, 0) is 9.53 Å². The largest absolute Gasteiger partial charge is 0.381 e. The molecule has 4 heteroatoms.